The average Bonchev–Trinajstić information content (AvgIpc) is 3.37. The summed E-state index contributed by atoms with van der Waals surface area (Å²) in [5.74, 6) is 2.78. The number of benzene rings is 1. The Morgan fingerprint density at radius 2 is 2.00 bits per heavy atom. The predicted octanol–water partition coefficient (Wildman–Crippen LogP) is 3.85. The second-order valence-corrected chi connectivity index (χ2v) is 9.68. The summed E-state index contributed by atoms with van der Waals surface area (Å²) < 4.78 is 11.1. The number of piperidine rings is 1. The minimum absolute atomic E-state index is 0.184. The topological polar surface area (TPSA) is 117 Å². The third-order valence-electron chi connectivity index (χ3n) is 6.22. The maximum atomic E-state index is 12.9. The van der Waals surface area contributed by atoms with Crippen LogP contribution in [0.25, 0.3) is 0 Å². The van der Waals surface area contributed by atoms with Crippen LogP contribution in [0, 0.1) is 18.3 Å². The number of para-hydroxylation sites is 2. The standard InChI is InChI=1S/C26H31N7O3S/c1-18-28-20(19-8-11-33(12-9-19)13-10-27)16-24(29-18)31-26-30-21(17-37-26)25(34)32(2)14-15-36-23-7-5-4-6-22(23)35-3/h4-7,16-17,19H,8-9,11-15H2,1-3H3,(H,28,29,30,31). The van der Waals surface area contributed by atoms with Crippen molar-refractivity contribution in [2.75, 3.05) is 52.3 Å². The Balaban J connectivity index is 1.33. The van der Waals surface area contributed by atoms with Crippen LogP contribution < -0.4 is 14.8 Å². The van der Waals surface area contributed by atoms with Crippen LogP contribution >= 0.6 is 11.3 Å². The number of nitriles is 1. The van der Waals surface area contributed by atoms with E-state index in [1.807, 2.05) is 37.3 Å². The summed E-state index contributed by atoms with van der Waals surface area (Å²) in [6.45, 7) is 4.85. The third kappa shape index (κ3) is 6.93. The van der Waals surface area contributed by atoms with Gasteiger partial charge >= 0.3 is 0 Å². The molecule has 3 aromatic rings. The number of hydrogen-bond donors (Lipinski definition) is 1. The molecule has 11 heteroatoms. The Labute approximate surface area is 220 Å². The summed E-state index contributed by atoms with van der Waals surface area (Å²) in [7, 11) is 3.32. The molecule has 0 radical (unpaired) electrons. The normalized spacial score (nSPS) is 14.1. The lowest BCUT2D eigenvalue weighted by Gasteiger charge is -2.30. The molecule has 1 aromatic carbocycles. The minimum atomic E-state index is -0.184. The van der Waals surface area contributed by atoms with Crippen molar-refractivity contribution in [1.29, 1.82) is 5.26 Å². The molecule has 0 saturated carbocycles. The summed E-state index contributed by atoms with van der Waals surface area (Å²) in [6.07, 6.45) is 1.92. The first kappa shape index (κ1) is 26.3. The first-order valence-corrected chi connectivity index (χ1v) is 13.0. The molecule has 0 bridgehead atoms. The zero-order valence-electron chi connectivity index (χ0n) is 21.3. The van der Waals surface area contributed by atoms with E-state index in [9.17, 15) is 4.79 Å². The first-order valence-electron chi connectivity index (χ1n) is 12.2. The third-order valence-corrected chi connectivity index (χ3v) is 6.97. The molecule has 1 aliphatic heterocycles. The number of methoxy groups -OCH3 is 1. The predicted molar refractivity (Wildman–Crippen MR) is 142 cm³/mol. The maximum Gasteiger partial charge on any atom is 0.273 e. The Morgan fingerprint density at radius 3 is 2.73 bits per heavy atom. The van der Waals surface area contributed by atoms with E-state index in [0.29, 0.717) is 59.6 Å². The van der Waals surface area contributed by atoms with Crippen molar-refractivity contribution in [3.8, 4) is 17.6 Å². The number of nitrogens with one attached hydrogen (secondary N) is 1. The van der Waals surface area contributed by atoms with E-state index < -0.39 is 0 Å². The largest absolute Gasteiger partial charge is 0.493 e. The fourth-order valence-corrected chi connectivity index (χ4v) is 4.91. The van der Waals surface area contributed by atoms with E-state index in [1.165, 1.54) is 11.3 Å². The number of aromatic nitrogens is 3. The van der Waals surface area contributed by atoms with Crippen LogP contribution in [0.1, 0.15) is 40.8 Å². The summed E-state index contributed by atoms with van der Waals surface area (Å²) in [5.41, 5.74) is 1.36. The number of hydrogen-bond acceptors (Lipinski definition) is 10. The highest BCUT2D eigenvalue weighted by Gasteiger charge is 2.23. The molecular formula is C26H31N7O3S. The van der Waals surface area contributed by atoms with Crippen molar-refractivity contribution in [3.63, 3.8) is 0 Å². The number of rotatable bonds is 10. The summed E-state index contributed by atoms with van der Waals surface area (Å²) in [6, 6.07) is 11.6. The number of nitrogens with zero attached hydrogens (tertiary/aromatic N) is 6. The van der Waals surface area contributed by atoms with Gasteiger partial charge in [0.1, 0.15) is 23.9 Å². The highest BCUT2D eigenvalue weighted by molar-refractivity contribution is 7.14. The van der Waals surface area contributed by atoms with Gasteiger partial charge in [0.2, 0.25) is 0 Å². The number of amides is 1. The lowest BCUT2D eigenvalue weighted by Crippen LogP contribution is -2.33. The van der Waals surface area contributed by atoms with E-state index in [-0.39, 0.29) is 5.91 Å². The maximum absolute atomic E-state index is 12.9. The van der Waals surface area contributed by atoms with E-state index >= 15 is 0 Å². The summed E-state index contributed by atoms with van der Waals surface area (Å²) in [4.78, 5) is 30.3. The van der Waals surface area contributed by atoms with Crippen molar-refractivity contribution in [3.05, 3.63) is 52.9 Å². The molecule has 2 aromatic heterocycles. The molecule has 1 N–H and O–H groups in total. The molecule has 10 nitrogen and oxygen atoms in total. The van der Waals surface area contributed by atoms with Crippen LogP contribution in [0.5, 0.6) is 11.5 Å². The van der Waals surface area contributed by atoms with E-state index in [1.54, 1.807) is 24.4 Å². The zero-order chi connectivity index (χ0) is 26.2. The minimum Gasteiger partial charge on any atom is -0.493 e. The van der Waals surface area contributed by atoms with Crippen LogP contribution in [0.3, 0.4) is 0 Å². The molecule has 37 heavy (non-hydrogen) atoms. The quantitative estimate of drug-likeness (QED) is 0.397. The fraction of sp³-hybridized carbons (Fsp3) is 0.423. The number of likely N-dealkylation sites (N-methyl/N-ethyl adjacent to an activating group) is 1. The van der Waals surface area contributed by atoms with Gasteiger partial charge in [-0.25, -0.2) is 15.0 Å². The molecule has 3 heterocycles. The van der Waals surface area contributed by atoms with Crippen LogP contribution in [0.4, 0.5) is 10.9 Å². The van der Waals surface area contributed by atoms with Crippen molar-refractivity contribution >= 4 is 28.2 Å². The van der Waals surface area contributed by atoms with Gasteiger partial charge < -0.3 is 19.7 Å². The Kier molecular flexibility index (Phi) is 8.87. The van der Waals surface area contributed by atoms with Crippen molar-refractivity contribution in [2.45, 2.75) is 25.7 Å². The van der Waals surface area contributed by atoms with Crippen molar-refractivity contribution in [1.82, 2.24) is 24.8 Å². The average molecular weight is 522 g/mol. The fourth-order valence-electron chi connectivity index (χ4n) is 4.22. The van der Waals surface area contributed by atoms with Crippen LogP contribution in [-0.2, 0) is 0 Å². The number of carbonyl (C=O) groups is 1. The lowest BCUT2D eigenvalue weighted by molar-refractivity contribution is 0.0768. The van der Waals surface area contributed by atoms with Crippen molar-refractivity contribution in [2.24, 2.45) is 0 Å². The van der Waals surface area contributed by atoms with Crippen LogP contribution in [0.2, 0.25) is 0 Å². The molecule has 1 aliphatic rings. The number of carbonyl (C=O) groups excluding carboxylic acids is 1. The second-order valence-electron chi connectivity index (χ2n) is 8.82. The van der Waals surface area contributed by atoms with Gasteiger partial charge in [0.25, 0.3) is 5.91 Å². The number of aryl methyl sites for hydroxylation is 1. The Hall–Kier alpha value is -3.75. The van der Waals surface area contributed by atoms with E-state index in [2.05, 4.69) is 31.2 Å². The first-order chi connectivity index (χ1) is 18.0. The SMILES string of the molecule is COc1ccccc1OCCN(C)C(=O)c1csc(Nc2cc(C3CCN(CC#N)CC3)nc(C)n2)n1. The van der Waals surface area contributed by atoms with Gasteiger partial charge in [-0.2, -0.15) is 5.26 Å². The van der Waals surface area contributed by atoms with Gasteiger partial charge in [0.05, 0.1) is 26.3 Å². The monoisotopic (exact) mass is 521 g/mol. The summed E-state index contributed by atoms with van der Waals surface area (Å²) in [5, 5.41) is 14.5. The van der Waals surface area contributed by atoms with Gasteiger partial charge in [0.15, 0.2) is 16.6 Å². The number of ether oxygens (including phenoxy) is 2. The van der Waals surface area contributed by atoms with Gasteiger partial charge in [-0.3, -0.25) is 9.69 Å². The molecule has 0 atom stereocenters. The Morgan fingerprint density at radius 1 is 1.24 bits per heavy atom. The number of anilines is 2. The molecule has 194 valence electrons. The van der Waals surface area contributed by atoms with Gasteiger partial charge in [-0.05, 0) is 45.0 Å². The molecule has 4 rings (SSSR count). The molecule has 0 aliphatic carbocycles. The second kappa shape index (κ2) is 12.5. The Bertz CT molecular complexity index is 1250. The van der Waals surface area contributed by atoms with Crippen LogP contribution in [-0.4, -0.2) is 77.6 Å². The van der Waals surface area contributed by atoms with Gasteiger partial charge in [-0.1, -0.05) is 12.1 Å². The summed E-state index contributed by atoms with van der Waals surface area (Å²) >= 11 is 1.35. The van der Waals surface area contributed by atoms with E-state index in [0.717, 1.165) is 31.6 Å². The van der Waals surface area contributed by atoms with Crippen molar-refractivity contribution < 1.29 is 14.3 Å². The lowest BCUT2D eigenvalue weighted by atomic mass is 9.93. The molecular weight excluding hydrogens is 490 g/mol. The highest BCUT2D eigenvalue weighted by Crippen LogP contribution is 2.29. The van der Waals surface area contributed by atoms with E-state index in [4.69, 9.17) is 14.7 Å². The zero-order valence-corrected chi connectivity index (χ0v) is 22.1. The molecule has 1 saturated heterocycles. The number of thiazole rings is 1. The molecule has 0 unspecified atom stereocenters. The number of likely N-dealkylation sites (tertiary alicyclic amines) is 1. The van der Waals surface area contributed by atoms with Crippen LogP contribution in [0.15, 0.2) is 35.7 Å². The molecule has 1 amide bonds. The van der Waals surface area contributed by atoms with Gasteiger partial charge in [0, 0.05) is 30.1 Å². The molecule has 0 spiro atoms. The highest BCUT2D eigenvalue weighted by atomic mass is 32.1. The smallest absolute Gasteiger partial charge is 0.273 e. The molecule has 1 fully saturated rings. The van der Waals surface area contributed by atoms with Gasteiger partial charge in [-0.15, -0.1) is 11.3 Å².